The zero-order valence-electron chi connectivity index (χ0n) is 22.6. The first kappa shape index (κ1) is 23.0. The highest BCUT2D eigenvalue weighted by molar-refractivity contribution is 7.22. The normalized spacial score (nSPS) is 23.8. The highest BCUT2D eigenvalue weighted by Crippen LogP contribution is 2.72. The molecule has 38 heavy (non-hydrogen) atoms. The number of aliphatic hydroxyl groups is 1. The molecule has 3 aliphatic carbocycles. The average molecular weight is 517 g/mol. The van der Waals surface area contributed by atoms with Crippen LogP contribution < -0.4 is 0 Å². The van der Waals surface area contributed by atoms with Crippen molar-refractivity contribution >= 4 is 32.2 Å². The molecular formula is C35H32O2S. The van der Waals surface area contributed by atoms with Crippen LogP contribution in [-0.2, 0) is 16.6 Å². The molecular weight excluding hydrogens is 484 g/mol. The van der Waals surface area contributed by atoms with E-state index in [-0.39, 0.29) is 17.3 Å². The van der Waals surface area contributed by atoms with Gasteiger partial charge in [0.2, 0.25) is 0 Å². The molecule has 1 N–H and O–H groups in total. The second-order valence-corrected chi connectivity index (χ2v) is 13.5. The van der Waals surface area contributed by atoms with Crippen LogP contribution in [0.2, 0.25) is 0 Å². The van der Waals surface area contributed by atoms with Crippen molar-refractivity contribution in [3.63, 3.8) is 0 Å². The summed E-state index contributed by atoms with van der Waals surface area (Å²) in [5, 5.41) is 15.6. The first-order valence-corrected chi connectivity index (χ1v) is 14.6. The Morgan fingerprint density at radius 1 is 0.868 bits per heavy atom. The number of rotatable bonds is 3. The zero-order chi connectivity index (χ0) is 26.1. The topological polar surface area (TPSA) is 29.5 Å². The lowest BCUT2D eigenvalue weighted by atomic mass is 9.72. The molecule has 4 aromatic carbocycles. The summed E-state index contributed by atoms with van der Waals surface area (Å²) in [6.07, 6.45) is 1.08. The Hall–Kier alpha value is -2.98. The molecule has 0 spiro atoms. The monoisotopic (exact) mass is 516 g/mol. The minimum Gasteiger partial charge on any atom is -0.364 e. The first-order chi connectivity index (χ1) is 18.3. The van der Waals surface area contributed by atoms with Gasteiger partial charge in [0.15, 0.2) is 5.79 Å². The third kappa shape index (κ3) is 2.70. The van der Waals surface area contributed by atoms with Crippen LogP contribution in [0.25, 0.3) is 42.4 Å². The standard InChI is InChI=1S/C35H32O2S/c1-18(2)16-19-10-12-21-20(17-19)11-13-23-27(21)28-24(31-30(23)35(31,36)37-5)14-15-25-29(28)34(3,4)32-22-8-6-7-9-26(22)38-33(25)32/h6-15,17-18,30-31,36H,16H2,1-5H3. The molecule has 0 bridgehead atoms. The molecule has 8 rings (SSSR count). The maximum Gasteiger partial charge on any atom is 0.180 e. The van der Waals surface area contributed by atoms with E-state index < -0.39 is 5.79 Å². The van der Waals surface area contributed by atoms with E-state index in [1.165, 1.54) is 70.2 Å². The van der Waals surface area contributed by atoms with Crippen LogP contribution >= 0.6 is 11.3 Å². The van der Waals surface area contributed by atoms with Crippen LogP contribution in [0.3, 0.4) is 0 Å². The molecule has 1 aromatic heterocycles. The quantitative estimate of drug-likeness (QED) is 0.243. The summed E-state index contributed by atoms with van der Waals surface area (Å²) in [5.41, 5.74) is 10.5. The molecule has 1 saturated carbocycles. The Kier molecular flexibility index (Phi) is 4.44. The third-order valence-electron chi connectivity index (χ3n) is 9.45. The molecule has 3 heteroatoms. The Bertz CT molecular complexity index is 1820. The predicted molar refractivity (Wildman–Crippen MR) is 158 cm³/mol. The Balaban J connectivity index is 1.46. The summed E-state index contributed by atoms with van der Waals surface area (Å²) in [6.45, 7) is 9.34. The van der Waals surface area contributed by atoms with E-state index in [4.69, 9.17) is 4.74 Å². The smallest absolute Gasteiger partial charge is 0.180 e. The van der Waals surface area contributed by atoms with Crippen molar-refractivity contribution in [3.8, 4) is 21.6 Å². The second kappa shape index (κ2) is 7.35. The van der Waals surface area contributed by atoms with Crippen LogP contribution in [0.4, 0.5) is 0 Å². The molecule has 0 saturated heterocycles. The van der Waals surface area contributed by atoms with Gasteiger partial charge in [-0.3, -0.25) is 0 Å². The first-order valence-electron chi connectivity index (χ1n) is 13.8. The highest BCUT2D eigenvalue weighted by Gasteiger charge is 2.69. The number of fused-ring (bicyclic) bond motifs is 14. The number of hydrogen-bond acceptors (Lipinski definition) is 3. The van der Waals surface area contributed by atoms with E-state index >= 15 is 0 Å². The van der Waals surface area contributed by atoms with Gasteiger partial charge in [-0.2, -0.15) is 0 Å². The van der Waals surface area contributed by atoms with E-state index in [0.717, 1.165) is 6.42 Å². The van der Waals surface area contributed by atoms with Crippen molar-refractivity contribution in [2.75, 3.05) is 7.11 Å². The minimum absolute atomic E-state index is 0.0350. The Labute approximate surface area is 227 Å². The van der Waals surface area contributed by atoms with Crippen LogP contribution in [-0.4, -0.2) is 18.0 Å². The molecule has 0 radical (unpaired) electrons. The summed E-state index contributed by atoms with van der Waals surface area (Å²) in [5.74, 6) is -0.608. The second-order valence-electron chi connectivity index (χ2n) is 12.5. The van der Waals surface area contributed by atoms with Crippen molar-refractivity contribution in [1.82, 2.24) is 0 Å². The maximum atomic E-state index is 11.6. The van der Waals surface area contributed by atoms with Gasteiger partial charge >= 0.3 is 0 Å². The van der Waals surface area contributed by atoms with Crippen LogP contribution in [0, 0.1) is 5.92 Å². The number of methoxy groups -OCH3 is 1. The summed E-state index contributed by atoms with van der Waals surface area (Å²) >= 11 is 1.92. The van der Waals surface area contributed by atoms with Crippen molar-refractivity contribution in [3.05, 3.63) is 94.5 Å². The minimum atomic E-state index is -1.15. The van der Waals surface area contributed by atoms with Gasteiger partial charge < -0.3 is 9.84 Å². The van der Waals surface area contributed by atoms with Gasteiger partial charge in [-0.15, -0.1) is 11.3 Å². The van der Waals surface area contributed by atoms with E-state index in [9.17, 15) is 5.11 Å². The molecule has 1 fully saturated rings. The number of benzene rings is 4. The third-order valence-corrected chi connectivity index (χ3v) is 10.7. The highest BCUT2D eigenvalue weighted by atomic mass is 32.1. The number of hydrogen-bond donors (Lipinski definition) is 1. The summed E-state index contributed by atoms with van der Waals surface area (Å²) in [6, 6.07) is 25.0. The van der Waals surface area contributed by atoms with E-state index in [1.54, 1.807) is 7.11 Å². The van der Waals surface area contributed by atoms with Gasteiger partial charge in [-0.1, -0.05) is 88.4 Å². The lowest BCUT2D eigenvalue weighted by molar-refractivity contribution is -0.110. The van der Waals surface area contributed by atoms with Crippen LogP contribution in [0.15, 0.2) is 66.7 Å². The Morgan fingerprint density at radius 3 is 2.37 bits per heavy atom. The lowest BCUT2D eigenvalue weighted by Gasteiger charge is -2.30. The molecule has 3 aliphatic rings. The van der Waals surface area contributed by atoms with Gasteiger partial charge in [-0.25, -0.2) is 0 Å². The Morgan fingerprint density at radius 2 is 1.61 bits per heavy atom. The number of thiophene rings is 1. The van der Waals surface area contributed by atoms with E-state index in [1.807, 2.05) is 11.3 Å². The van der Waals surface area contributed by atoms with Crippen molar-refractivity contribution in [1.29, 1.82) is 0 Å². The summed E-state index contributed by atoms with van der Waals surface area (Å²) in [7, 11) is 1.65. The van der Waals surface area contributed by atoms with Gasteiger partial charge in [0, 0.05) is 22.1 Å². The van der Waals surface area contributed by atoms with Crippen LogP contribution in [0.5, 0.6) is 0 Å². The lowest BCUT2D eigenvalue weighted by Crippen LogP contribution is -2.18. The molecule has 0 aliphatic heterocycles. The molecule has 1 heterocycles. The molecule has 2 nitrogen and oxygen atoms in total. The molecule has 3 atom stereocenters. The summed E-state index contributed by atoms with van der Waals surface area (Å²) in [4.78, 5) is 1.40. The molecule has 3 unspecified atom stereocenters. The van der Waals surface area contributed by atoms with Crippen molar-refractivity contribution < 1.29 is 9.84 Å². The number of ether oxygens (including phenoxy) is 1. The van der Waals surface area contributed by atoms with E-state index in [0.29, 0.717) is 5.92 Å². The SMILES string of the molecule is COC1(O)C2c3ccc4c(c3-c3c(ccc5cc(CC(C)C)ccc35)C21)C(C)(C)c1c-4sc2ccccc12. The average Bonchev–Trinajstić information content (AvgIpc) is 3.22. The fraction of sp³-hybridized carbons (Fsp3) is 0.314. The molecule has 0 amide bonds. The van der Waals surface area contributed by atoms with Gasteiger partial charge in [0.1, 0.15) is 0 Å². The van der Waals surface area contributed by atoms with Gasteiger partial charge in [0.25, 0.3) is 0 Å². The fourth-order valence-corrected chi connectivity index (χ4v) is 9.30. The van der Waals surface area contributed by atoms with Gasteiger partial charge in [-0.05, 0) is 79.1 Å². The zero-order valence-corrected chi connectivity index (χ0v) is 23.4. The van der Waals surface area contributed by atoms with Crippen LogP contribution in [0.1, 0.15) is 67.3 Å². The van der Waals surface area contributed by atoms with Crippen molar-refractivity contribution in [2.45, 2.75) is 57.2 Å². The summed E-state index contributed by atoms with van der Waals surface area (Å²) < 4.78 is 7.17. The fourth-order valence-electron chi connectivity index (χ4n) is 7.91. The largest absolute Gasteiger partial charge is 0.364 e. The van der Waals surface area contributed by atoms with Crippen molar-refractivity contribution in [2.24, 2.45) is 5.92 Å². The molecule has 5 aromatic rings. The van der Waals surface area contributed by atoms with E-state index in [2.05, 4.69) is 94.4 Å². The maximum absolute atomic E-state index is 11.6. The van der Waals surface area contributed by atoms with Gasteiger partial charge in [0.05, 0.1) is 11.8 Å². The molecule has 190 valence electrons. The predicted octanol–water partition coefficient (Wildman–Crippen LogP) is 8.76.